The fraction of sp³-hybridized carbons (Fsp3) is 0.583. The molecule has 1 fully saturated rings. The van der Waals surface area contributed by atoms with Gasteiger partial charge in [0.15, 0.2) is 5.69 Å². The van der Waals surface area contributed by atoms with Crippen LogP contribution >= 0.6 is 11.3 Å². The van der Waals surface area contributed by atoms with Crippen molar-refractivity contribution in [1.82, 2.24) is 10.3 Å². The molecule has 19 heavy (non-hydrogen) atoms. The van der Waals surface area contributed by atoms with Crippen LogP contribution in [-0.2, 0) is 16.0 Å². The normalized spacial score (nSPS) is 22.4. The van der Waals surface area contributed by atoms with E-state index in [1.807, 2.05) is 6.92 Å². The maximum atomic E-state index is 11.8. The number of carbonyl (C=O) groups excluding carboxylic acids is 1. The lowest BCUT2D eigenvalue weighted by molar-refractivity contribution is -0.131. The third kappa shape index (κ3) is 3.51. The van der Waals surface area contributed by atoms with Gasteiger partial charge in [0.05, 0.1) is 5.01 Å². The highest BCUT2D eigenvalue weighted by molar-refractivity contribution is 7.09. The minimum atomic E-state index is -1.03. The van der Waals surface area contributed by atoms with Crippen LogP contribution in [0.25, 0.3) is 0 Å². The quantitative estimate of drug-likeness (QED) is 0.839. The van der Waals surface area contributed by atoms with Crippen molar-refractivity contribution in [2.24, 2.45) is 5.92 Å². The summed E-state index contributed by atoms with van der Waals surface area (Å²) in [4.78, 5) is 26.4. The highest BCUT2D eigenvalue weighted by Gasteiger charge is 2.30. The van der Waals surface area contributed by atoms with Crippen molar-refractivity contribution < 1.29 is 19.4 Å². The van der Waals surface area contributed by atoms with Gasteiger partial charge in [-0.1, -0.05) is 6.92 Å². The van der Waals surface area contributed by atoms with Gasteiger partial charge in [0.1, 0.15) is 6.10 Å². The molecule has 2 atom stereocenters. The number of amides is 1. The van der Waals surface area contributed by atoms with Gasteiger partial charge in [-0.15, -0.1) is 11.3 Å². The first-order chi connectivity index (χ1) is 9.08. The Hall–Kier alpha value is -1.47. The molecule has 0 radical (unpaired) electrons. The van der Waals surface area contributed by atoms with E-state index in [1.54, 1.807) is 0 Å². The van der Waals surface area contributed by atoms with Gasteiger partial charge in [0.25, 0.3) is 0 Å². The molecule has 0 aliphatic carbocycles. The fourth-order valence-corrected chi connectivity index (χ4v) is 2.72. The van der Waals surface area contributed by atoms with E-state index in [4.69, 9.17) is 9.84 Å². The fourth-order valence-electron chi connectivity index (χ4n) is 1.95. The second-order valence-electron chi connectivity index (χ2n) is 4.53. The zero-order chi connectivity index (χ0) is 13.8. The molecular formula is C12H16N2O4S. The van der Waals surface area contributed by atoms with Crippen LogP contribution in [-0.4, -0.2) is 41.2 Å². The van der Waals surface area contributed by atoms with E-state index in [0.29, 0.717) is 24.6 Å². The van der Waals surface area contributed by atoms with E-state index in [1.165, 1.54) is 16.7 Å². The lowest BCUT2D eigenvalue weighted by atomic mass is 10.0. The first-order valence-electron chi connectivity index (χ1n) is 6.15. The van der Waals surface area contributed by atoms with E-state index in [-0.39, 0.29) is 23.6 Å². The molecule has 7 heteroatoms. The van der Waals surface area contributed by atoms with Crippen LogP contribution in [0.15, 0.2) is 5.38 Å². The minimum absolute atomic E-state index is 0.0547. The Labute approximate surface area is 114 Å². The Morgan fingerprint density at radius 1 is 1.63 bits per heavy atom. The van der Waals surface area contributed by atoms with Crippen molar-refractivity contribution in [1.29, 1.82) is 0 Å². The van der Waals surface area contributed by atoms with Crippen molar-refractivity contribution in [3.8, 4) is 0 Å². The summed E-state index contributed by atoms with van der Waals surface area (Å²) >= 11 is 1.29. The average molecular weight is 284 g/mol. The number of carboxylic acids is 1. The largest absolute Gasteiger partial charge is 0.476 e. The Balaban J connectivity index is 1.76. The number of thiazole rings is 1. The minimum Gasteiger partial charge on any atom is -0.476 e. The molecule has 0 saturated carbocycles. The van der Waals surface area contributed by atoms with Crippen LogP contribution in [0, 0.1) is 5.92 Å². The van der Waals surface area contributed by atoms with Crippen LogP contribution < -0.4 is 5.32 Å². The van der Waals surface area contributed by atoms with Gasteiger partial charge >= 0.3 is 5.97 Å². The molecule has 2 rings (SSSR count). The first kappa shape index (κ1) is 14.0. The molecular weight excluding hydrogens is 268 g/mol. The van der Waals surface area contributed by atoms with E-state index in [2.05, 4.69) is 10.3 Å². The Kier molecular flexibility index (Phi) is 4.49. The monoisotopic (exact) mass is 284 g/mol. The number of aromatic carboxylic acids is 1. The van der Waals surface area contributed by atoms with E-state index in [0.717, 1.165) is 6.42 Å². The topological polar surface area (TPSA) is 88.5 Å². The number of nitrogens with one attached hydrogen (secondary N) is 1. The van der Waals surface area contributed by atoms with Crippen molar-refractivity contribution in [2.45, 2.75) is 25.9 Å². The molecule has 1 saturated heterocycles. The van der Waals surface area contributed by atoms with E-state index in [9.17, 15) is 9.59 Å². The molecule has 2 unspecified atom stereocenters. The smallest absolute Gasteiger partial charge is 0.355 e. The second-order valence-corrected chi connectivity index (χ2v) is 5.47. The maximum absolute atomic E-state index is 11.8. The average Bonchev–Trinajstić information content (AvgIpc) is 2.97. The lowest BCUT2D eigenvalue weighted by Gasteiger charge is -2.13. The van der Waals surface area contributed by atoms with Gasteiger partial charge in [0.2, 0.25) is 5.91 Å². The summed E-state index contributed by atoms with van der Waals surface area (Å²) in [5.74, 6) is -0.877. The van der Waals surface area contributed by atoms with E-state index >= 15 is 0 Å². The number of rotatable bonds is 5. The van der Waals surface area contributed by atoms with Gasteiger partial charge in [0, 0.05) is 25.0 Å². The summed E-state index contributed by atoms with van der Waals surface area (Å²) in [6, 6.07) is 0. The summed E-state index contributed by atoms with van der Waals surface area (Å²) in [7, 11) is 0. The van der Waals surface area contributed by atoms with Crippen LogP contribution in [0.1, 0.15) is 28.8 Å². The maximum Gasteiger partial charge on any atom is 0.355 e. The van der Waals surface area contributed by atoms with Crippen molar-refractivity contribution in [2.75, 3.05) is 13.2 Å². The zero-order valence-electron chi connectivity index (χ0n) is 10.6. The summed E-state index contributed by atoms with van der Waals surface area (Å²) in [6.07, 6.45) is 1.09. The number of carboxylic acid groups (broad SMARTS) is 1. The lowest BCUT2D eigenvalue weighted by Crippen LogP contribution is -2.38. The summed E-state index contributed by atoms with van der Waals surface area (Å²) in [5.41, 5.74) is 0.0547. The molecule has 1 aromatic rings. The Morgan fingerprint density at radius 3 is 3.00 bits per heavy atom. The first-order valence-corrected chi connectivity index (χ1v) is 7.03. The Morgan fingerprint density at radius 2 is 2.42 bits per heavy atom. The molecule has 0 aromatic carbocycles. The van der Waals surface area contributed by atoms with Crippen LogP contribution in [0.5, 0.6) is 0 Å². The number of ether oxygens (including phenoxy) is 1. The van der Waals surface area contributed by atoms with Gasteiger partial charge in [-0.3, -0.25) is 4.79 Å². The predicted octanol–water partition coefficient (Wildman–Crippen LogP) is 0.925. The standard InChI is InChI=1S/C12H16N2O4S/c1-7-3-5-18-10(7)11(15)13-4-2-9-14-8(6-19-9)12(16)17/h6-7,10H,2-5H2,1H3,(H,13,15)(H,16,17). The van der Waals surface area contributed by atoms with Crippen molar-refractivity contribution in [3.05, 3.63) is 16.1 Å². The molecule has 0 spiro atoms. The number of nitrogens with zero attached hydrogens (tertiary/aromatic N) is 1. The van der Waals surface area contributed by atoms with E-state index < -0.39 is 5.97 Å². The number of aromatic nitrogens is 1. The third-order valence-corrected chi connectivity index (χ3v) is 3.96. The van der Waals surface area contributed by atoms with Crippen molar-refractivity contribution in [3.63, 3.8) is 0 Å². The molecule has 104 valence electrons. The molecule has 0 bridgehead atoms. The molecule has 1 aromatic heterocycles. The molecule has 1 aliphatic heterocycles. The van der Waals surface area contributed by atoms with Crippen LogP contribution in [0.4, 0.5) is 0 Å². The predicted molar refractivity (Wildman–Crippen MR) is 69.3 cm³/mol. The zero-order valence-corrected chi connectivity index (χ0v) is 11.4. The number of carbonyl (C=O) groups is 2. The highest BCUT2D eigenvalue weighted by Crippen LogP contribution is 2.19. The summed E-state index contributed by atoms with van der Waals surface area (Å²) in [5, 5.41) is 13.7. The summed E-state index contributed by atoms with van der Waals surface area (Å²) < 4.78 is 5.36. The van der Waals surface area contributed by atoms with Gasteiger partial charge in [-0.2, -0.15) is 0 Å². The Bertz CT molecular complexity index is 474. The van der Waals surface area contributed by atoms with Crippen LogP contribution in [0.2, 0.25) is 0 Å². The second kappa shape index (κ2) is 6.12. The van der Waals surface area contributed by atoms with Gasteiger partial charge in [-0.25, -0.2) is 9.78 Å². The number of hydrogen-bond donors (Lipinski definition) is 2. The summed E-state index contributed by atoms with van der Waals surface area (Å²) in [6.45, 7) is 3.07. The third-order valence-electron chi connectivity index (χ3n) is 3.05. The highest BCUT2D eigenvalue weighted by atomic mass is 32.1. The van der Waals surface area contributed by atoms with Gasteiger partial charge in [-0.05, 0) is 12.3 Å². The molecule has 6 nitrogen and oxygen atoms in total. The number of hydrogen-bond acceptors (Lipinski definition) is 5. The van der Waals surface area contributed by atoms with Gasteiger partial charge < -0.3 is 15.2 Å². The molecule has 1 aliphatic rings. The molecule has 1 amide bonds. The van der Waals surface area contributed by atoms with Crippen LogP contribution in [0.3, 0.4) is 0 Å². The van der Waals surface area contributed by atoms with Crippen molar-refractivity contribution >= 4 is 23.2 Å². The molecule has 2 N–H and O–H groups in total. The SMILES string of the molecule is CC1CCOC1C(=O)NCCc1nc(C(=O)O)cs1. The molecule has 2 heterocycles.